The molecule has 0 bridgehead atoms. The van der Waals surface area contributed by atoms with Gasteiger partial charge in [-0.25, -0.2) is 13.2 Å². The van der Waals surface area contributed by atoms with Crippen LogP contribution in [0.4, 0.5) is 18.9 Å². The van der Waals surface area contributed by atoms with Gasteiger partial charge >= 0.3 is 0 Å². The number of rotatable bonds is 5. The minimum atomic E-state index is -1.09. The van der Waals surface area contributed by atoms with E-state index in [1.807, 2.05) is 0 Å². The van der Waals surface area contributed by atoms with Crippen LogP contribution in [-0.4, -0.2) is 18.7 Å². The molecule has 0 amide bonds. The third-order valence-electron chi connectivity index (χ3n) is 3.35. The van der Waals surface area contributed by atoms with Gasteiger partial charge in [-0.05, 0) is 36.8 Å². The summed E-state index contributed by atoms with van der Waals surface area (Å²) in [7, 11) is 1.78. The van der Waals surface area contributed by atoms with Gasteiger partial charge in [0.1, 0.15) is 5.82 Å². The molecular formula is C16H16F3NO. The van der Waals surface area contributed by atoms with Crippen LogP contribution in [0.2, 0.25) is 0 Å². The van der Waals surface area contributed by atoms with Crippen molar-refractivity contribution in [2.45, 2.75) is 12.5 Å². The maximum absolute atomic E-state index is 13.6. The van der Waals surface area contributed by atoms with E-state index < -0.39 is 17.7 Å². The molecule has 2 rings (SSSR count). The lowest BCUT2D eigenvalue weighted by atomic mass is 10.1. The van der Waals surface area contributed by atoms with Crippen molar-refractivity contribution >= 4 is 5.69 Å². The van der Waals surface area contributed by atoms with Crippen LogP contribution in [0.25, 0.3) is 0 Å². The van der Waals surface area contributed by atoms with Gasteiger partial charge in [-0.15, -0.1) is 0 Å². The van der Waals surface area contributed by atoms with E-state index in [-0.39, 0.29) is 17.8 Å². The van der Waals surface area contributed by atoms with E-state index in [0.29, 0.717) is 6.54 Å². The first-order chi connectivity index (χ1) is 9.99. The number of benzene rings is 2. The van der Waals surface area contributed by atoms with Crippen molar-refractivity contribution in [3.63, 3.8) is 0 Å². The fourth-order valence-electron chi connectivity index (χ4n) is 2.07. The average Bonchev–Trinajstić information content (AvgIpc) is 2.48. The number of aliphatic hydroxyl groups is 1. The van der Waals surface area contributed by atoms with Crippen molar-refractivity contribution < 1.29 is 18.3 Å². The number of hydrogen-bond acceptors (Lipinski definition) is 2. The van der Waals surface area contributed by atoms with E-state index in [0.717, 1.165) is 11.8 Å². The minimum absolute atomic E-state index is 0.0532. The molecule has 0 saturated carbocycles. The zero-order chi connectivity index (χ0) is 15.4. The predicted molar refractivity (Wildman–Crippen MR) is 75.6 cm³/mol. The van der Waals surface area contributed by atoms with Crippen molar-refractivity contribution in [2.75, 3.05) is 18.5 Å². The second-order valence-electron chi connectivity index (χ2n) is 4.85. The van der Waals surface area contributed by atoms with Gasteiger partial charge in [-0.1, -0.05) is 12.1 Å². The van der Waals surface area contributed by atoms with Gasteiger partial charge in [0.15, 0.2) is 11.6 Å². The molecule has 2 aromatic rings. The Bertz CT molecular complexity index is 601. The minimum Gasteiger partial charge on any atom is -0.388 e. The highest BCUT2D eigenvalue weighted by atomic mass is 19.2. The molecule has 5 heteroatoms. The highest BCUT2D eigenvalue weighted by Crippen LogP contribution is 2.23. The molecule has 2 nitrogen and oxygen atoms in total. The van der Waals surface area contributed by atoms with E-state index in [1.165, 1.54) is 24.3 Å². The standard InChI is InChI=1S/C16H16F3NO/c1-20(12-7-5-11(17)6-8-12)10-9-15(21)13-3-2-4-14(18)16(13)19/h2-8,15,21H,9-10H2,1H3. The second-order valence-corrected chi connectivity index (χ2v) is 4.85. The van der Waals surface area contributed by atoms with Crippen molar-refractivity contribution in [1.82, 2.24) is 0 Å². The number of anilines is 1. The molecule has 0 aliphatic carbocycles. The molecule has 21 heavy (non-hydrogen) atoms. The summed E-state index contributed by atoms with van der Waals surface area (Å²) in [4.78, 5) is 1.81. The Hall–Kier alpha value is -2.01. The Balaban J connectivity index is 1.99. The Morgan fingerprint density at radius 3 is 2.38 bits per heavy atom. The molecule has 112 valence electrons. The SMILES string of the molecule is CN(CCC(O)c1cccc(F)c1F)c1ccc(F)cc1. The van der Waals surface area contributed by atoms with Crippen molar-refractivity contribution in [3.05, 3.63) is 65.5 Å². The van der Waals surface area contributed by atoms with E-state index in [9.17, 15) is 18.3 Å². The van der Waals surface area contributed by atoms with Gasteiger partial charge in [0.2, 0.25) is 0 Å². The van der Waals surface area contributed by atoms with Gasteiger partial charge in [0.25, 0.3) is 0 Å². The molecular weight excluding hydrogens is 279 g/mol. The summed E-state index contributed by atoms with van der Waals surface area (Å²) in [5.74, 6) is -2.32. The topological polar surface area (TPSA) is 23.5 Å². The van der Waals surface area contributed by atoms with E-state index in [2.05, 4.69) is 0 Å². The maximum Gasteiger partial charge on any atom is 0.164 e. The highest BCUT2D eigenvalue weighted by molar-refractivity contribution is 5.45. The molecule has 1 atom stereocenters. The normalized spacial score (nSPS) is 12.2. The van der Waals surface area contributed by atoms with Crippen LogP contribution in [0.5, 0.6) is 0 Å². The lowest BCUT2D eigenvalue weighted by molar-refractivity contribution is 0.164. The first kappa shape index (κ1) is 15.4. The van der Waals surface area contributed by atoms with E-state index >= 15 is 0 Å². The summed E-state index contributed by atoms with van der Waals surface area (Å²) >= 11 is 0. The predicted octanol–water partition coefficient (Wildman–Crippen LogP) is 3.66. The van der Waals surface area contributed by atoms with Crippen molar-refractivity contribution in [1.29, 1.82) is 0 Å². The summed E-state index contributed by atoms with van der Waals surface area (Å²) in [6.07, 6.45) is -0.863. The molecule has 0 aliphatic heterocycles. The molecule has 0 saturated heterocycles. The number of nitrogens with zero attached hydrogens (tertiary/aromatic N) is 1. The molecule has 2 aromatic carbocycles. The Morgan fingerprint density at radius 1 is 1.05 bits per heavy atom. The average molecular weight is 295 g/mol. The largest absolute Gasteiger partial charge is 0.388 e. The molecule has 0 aromatic heterocycles. The summed E-state index contributed by atoms with van der Waals surface area (Å²) < 4.78 is 39.5. The summed E-state index contributed by atoms with van der Waals surface area (Å²) in [6.45, 7) is 0.419. The summed E-state index contributed by atoms with van der Waals surface area (Å²) in [5, 5.41) is 9.97. The highest BCUT2D eigenvalue weighted by Gasteiger charge is 2.16. The molecule has 0 radical (unpaired) electrons. The van der Waals surface area contributed by atoms with Gasteiger partial charge in [-0.3, -0.25) is 0 Å². The van der Waals surface area contributed by atoms with Gasteiger partial charge in [-0.2, -0.15) is 0 Å². The number of halogens is 3. The van der Waals surface area contributed by atoms with Crippen LogP contribution in [-0.2, 0) is 0 Å². The van der Waals surface area contributed by atoms with E-state index in [1.54, 1.807) is 24.1 Å². The number of hydrogen-bond donors (Lipinski definition) is 1. The molecule has 0 fully saturated rings. The Morgan fingerprint density at radius 2 is 1.71 bits per heavy atom. The van der Waals surface area contributed by atoms with E-state index in [4.69, 9.17) is 0 Å². The Labute approximate surface area is 121 Å². The van der Waals surface area contributed by atoms with Crippen LogP contribution in [0.3, 0.4) is 0 Å². The third kappa shape index (κ3) is 3.76. The fourth-order valence-corrected chi connectivity index (χ4v) is 2.07. The molecule has 0 aliphatic rings. The lowest BCUT2D eigenvalue weighted by Gasteiger charge is -2.21. The first-order valence-electron chi connectivity index (χ1n) is 6.57. The zero-order valence-electron chi connectivity index (χ0n) is 11.6. The molecule has 0 heterocycles. The van der Waals surface area contributed by atoms with Crippen LogP contribution < -0.4 is 4.90 Å². The van der Waals surface area contributed by atoms with Gasteiger partial charge < -0.3 is 10.0 Å². The summed E-state index contributed by atoms with van der Waals surface area (Å²) in [6, 6.07) is 9.65. The lowest BCUT2D eigenvalue weighted by Crippen LogP contribution is -2.20. The molecule has 0 spiro atoms. The number of aliphatic hydroxyl groups excluding tert-OH is 1. The van der Waals surface area contributed by atoms with Crippen LogP contribution in [0, 0.1) is 17.5 Å². The second kappa shape index (κ2) is 6.63. The quantitative estimate of drug-likeness (QED) is 0.910. The van der Waals surface area contributed by atoms with Crippen LogP contribution in [0.1, 0.15) is 18.1 Å². The van der Waals surface area contributed by atoms with Gasteiger partial charge in [0, 0.05) is 24.8 Å². The molecule has 1 N–H and O–H groups in total. The first-order valence-corrected chi connectivity index (χ1v) is 6.57. The Kier molecular flexibility index (Phi) is 4.85. The molecule has 1 unspecified atom stereocenters. The zero-order valence-corrected chi connectivity index (χ0v) is 11.6. The smallest absolute Gasteiger partial charge is 0.164 e. The van der Waals surface area contributed by atoms with Crippen molar-refractivity contribution in [2.24, 2.45) is 0 Å². The fraction of sp³-hybridized carbons (Fsp3) is 0.250. The maximum atomic E-state index is 13.6. The summed E-state index contributed by atoms with van der Waals surface area (Å²) in [5.41, 5.74) is 0.728. The van der Waals surface area contributed by atoms with Gasteiger partial charge in [0.05, 0.1) is 6.10 Å². The monoisotopic (exact) mass is 295 g/mol. The van der Waals surface area contributed by atoms with Crippen LogP contribution in [0.15, 0.2) is 42.5 Å². The van der Waals surface area contributed by atoms with Crippen LogP contribution >= 0.6 is 0 Å². The third-order valence-corrected chi connectivity index (χ3v) is 3.35. The van der Waals surface area contributed by atoms with Crippen molar-refractivity contribution in [3.8, 4) is 0 Å².